The molecular weight excluding hydrogens is 293 g/mol. The van der Waals surface area contributed by atoms with Gasteiger partial charge in [0, 0.05) is 24.2 Å². The fraction of sp³-hybridized carbons (Fsp3) is 0.500. The van der Waals surface area contributed by atoms with Crippen LogP contribution in [0.15, 0.2) is 34.9 Å². The number of rotatable bonds is 6. The van der Waals surface area contributed by atoms with Gasteiger partial charge in [0.25, 0.3) is 0 Å². The summed E-state index contributed by atoms with van der Waals surface area (Å²) in [6.45, 7) is 6.30. The Hall–Kier alpha value is -1.72. The topological polar surface area (TPSA) is 41.3 Å². The van der Waals surface area contributed by atoms with Gasteiger partial charge >= 0.3 is 0 Å². The van der Waals surface area contributed by atoms with Gasteiger partial charge in [0.15, 0.2) is 5.76 Å². The van der Waals surface area contributed by atoms with E-state index >= 15 is 0 Å². The summed E-state index contributed by atoms with van der Waals surface area (Å²) in [4.78, 5) is 2.51. The summed E-state index contributed by atoms with van der Waals surface area (Å²) in [6, 6.07) is 8.67. The molecule has 2 heterocycles. The zero-order chi connectivity index (χ0) is 16.1. The first-order valence-electron chi connectivity index (χ1n) is 8.38. The number of benzene rings is 1. The second kappa shape index (κ2) is 7.70. The molecule has 0 amide bonds. The number of nitrogens with one attached hydrogen (secondary N) is 1. The molecule has 1 aliphatic heterocycles. The van der Waals surface area contributed by atoms with Crippen molar-refractivity contribution >= 4 is 0 Å². The van der Waals surface area contributed by atoms with Crippen molar-refractivity contribution in [3.63, 3.8) is 0 Å². The predicted octanol–water partition coefficient (Wildman–Crippen LogP) is 3.44. The van der Waals surface area contributed by atoms with E-state index in [0.717, 1.165) is 17.9 Å². The standard InChI is InChI=1S/C18H24FN3O/c1-14(13-22-8-3-2-4-9-22)20-12-17-11-18(21-23-17)15-6-5-7-16(19)10-15/h5-7,10-11,14,20H,2-4,8-9,12-13H2,1H3/t14-/m1/s1. The van der Waals surface area contributed by atoms with Crippen molar-refractivity contribution in [3.8, 4) is 11.3 Å². The Balaban J connectivity index is 1.50. The largest absolute Gasteiger partial charge is 0.359 e. The van der Waals surface area contributed by atoms with Crippen LogP contribution in [0, 0.1) is 5.82 Å². The zero-order valence-electron chi connectivity index (χ0n) is 13.6. The highest BCUT2D eigenvalue weighted by atomic mass is 19.1. The van der Waals surface area contributed by atoms with Gasteiger partial charge in [0.2, 0.25) is 0 Å². The highest BCUT2D eigenvalue weighted by molar-refractivity contribution is 5.58. The number of likely N-dealkylation sites (tertiary alicyclic amines) is 1. The van der Waals surface area contributed by atoms with Gasteiger partial charge in [-0.05, 0) is 45.0 Å². The second-order valence-corrected chi connectivity index (χ2v) is 6.33. The first kappa shape index (κ1) is 16.1. The number of halogens is 1. The molecule has 1 aliphatic rings. The summed E-state index contributed by atoms with van der Waals surface area (Å²) in [6.07, 6.45) is 3.98. The molecule has 1 saturated heterocycles. The second-order valence-electron chi connectivity index (χ2n) is 6.33. The van der Waals surface area contributed by atoms with Gasteiger partial charge in [-0.1, -0.05) is 23.7 Å². The fourth-order valence-electron chi connectivity index (χ4n) is 3.05. The lowest BCUT2D eigenvalue weighted by molar-refractivity contribution is 0.207. The third-order valence-corrected chi connectivity index (χ3v) is 4.28. The predicted molar refractivity (Wildman–Crippen MR) is 88.5 cm³/mol. The molecule has 4 nitrogen and oxygen atoms in total. The molecule has 1 aromatic carbocycles. The summed E-state index contributed by atoms with van der Waals surface area (Å²) in [5, 5.41) is 7.50. The minimum atomic E-state index is -0.264. The van der Waals surface area contributed by atoms with Gasteiger partial charge in [-0.15, -0.1) is 0 Å². The molecule has 0 unspecified atom stereocenters. The Labute approximate surface area is 136 Å². The first-order valence-corrected chi connectivity index (χ1v) is 8.38. The minimum absolute atomic E-state index is 0.264. The third kappa shape index (κ3) is 4.62. The first-order chi connectivity index (χ1) is 11.2. The van der Waals surface area contributed by atoms with Crippen molar-refractivity contribution in [2.75, 3.05) is 19.6 Å². The maximum Gasteiger partial charge on any atom is 0.151 e. The van der Waals surface area contributed by atoms with Crippen LogP contribution >= 0.6 is 0 Å². The monoisotopic (exact) mass is 317 g/mol. The normalized spacial score (nSPS) is 17.3. The maximum absolute atomic E-state index is 13.3. The molecule has 0 radical (unpaired) electrons. The van der Waals surface area contributed by atoms with E-state index in [1.807, 2.05) is 12.1 Å². The lowest BCUT2D eigenvalue weighted by Crippen LogP contribution is -2.41. The van der Waals surface area contributed by atoms with Crippen molar-refractivity contribution in [3.05, 3.63) is 41.9 Å². The number of nitrogens with zero attached hydrogens (tertiary/aromatic N) is 2. The Bertz CT molecular complexity index is 622. The molecule has 1 atom stereocenters. The van der Waals surface area contributed by atoms with Crippen LogP contribution in [0.3, 0.4) is 0 Å². The molecule has 5 heteroatoms. The average Bonchev–Trinajstić information content (AvgIpc) is 3.03. The molecular formula is C18H24FN3O. The summed E-state index contributed by atoms with van der Waals surface area (Å²) in [7, 11) is 0. The molecule has 0 spiro atoms. The van der Waals surface area contributed by atoms with Crippen molar-refractivity contribution in [2.24, 2.45) is 0 Å². The van der Waals surface area contributed by atoms with Crippen molar-refractivity contribution in [2.45, 2.75) is 38.8 Å². The third-order valence-electron chi connectivity index (χ3n) is 4.28. The van der Waals surface area contributed by atoms with Gasteiger partial charge in [-0.25, -0.2) is 4.39 Å². The van der Waals surface area contributed by atoms with Crippen LogP contribution in [-0.4, -0.2) is 35.7 Å². The number of hydrogen-bond donors (Lipinski definition) is 1. The van der Waals surface area contributed by atoms with Crippen LogP contribution in [0.25, 0.3) is 11.3 Å². The van der Waals surface area contributed by atoms with Gasteiger partial charge in [0.05, 0.1) is 6.54 Å². The molecule has 0 saturated carbocycles. The van der Waals surface area contributed by atoms with E-state index in [2.05, 4.69) is 22.3 Å². The van der Waals surface area contributed by atoms with E-state index in [1.54, 1.807) is 6.07 Å². The zero-order valence-corrected chi connectivity index (χ0v) is 13.6. The molecule has 2 aromatic rings. The summed E-state index contributed by atoms with van der Waals surface area (Å²) in [5.74, 6) is 0.509. The van der Waals surface area contributed by atoms with Gasteiger partial charge in [0.1, 0.15) is 11.5 Å². The quantitative estimate of drug-likeness (QED) is 0.886. The smallest absolute Gasteiger partial charge is 0.151 e. The molecule has 124 valence electrons. The summed E-state index contributed by atoms with van der Waals surface area (Å²) < 4.78 is 18.6. The Morgan fingerprint density at radius 3 is 2.87 bits per heavy atom. The van der Waals surface area contributed by atoms with Crippen LogP contribution in [-0.2, 0) is 6.54 Å². The van der Waals surface area contributed by atoms with Crippen molar-refractivity contribution < 1.29 is 8.91 Å². The van der Waals surface area contributed by atoms with Crippen molar-refractivity contribution in [1.82, 2.24) is 15.4 Å². The highest BCUT2D eigenvalue weighted by Crippen LogP contribution is 2.20. The van der Waals surface area contributed by atoms with Crippen LogP contribution in [0.5, 0.6) is 0 Å². The van der Waals surface area contributed by atoms with E-state index in [0.29, 0.717) is 18.3 Å². The van der Waals surface area contributed by atoms with Crippen LogP contribution in [0.1, 0.15) is 31.9 Å². The number of aromatic nitrogens is 1. The van der Waals surface area contributed by atoms with Gasteiger partial charge < -0.3 is 14.7 Å². The lowest BCUT2D eigenvalue weighted by Gasteiger charge is -2.29. The lowest BCUT2D eigenvalue weighted by atomic mass is 10.1. The SMILES string of the molecule is C[C@H](CN1CCCCC1)NCc1cc(-c2cccc(F)c2)no1. The fourth-order valence-corrected chi connectivity index (χ4v) is 3.05. The van der Waals surface area contributed by atoms with Crippen LogP contribution in [0.2, 0.25) is 0 Å². The van der Waals surface area contributed by atoms with Crippen LogP contribution in [0.4, 0.5) is 4.39 Å². The van der Waals surface area contributed by atoms with E-state index < -0.39 is 0 Å². The van der Waals surface area contributed by atoms with E-state index in [1.165, 1.54) is 44.5 Å². The van der Waals surface area contributed by atoms with Gasteiger partial charge in [-0.3, -0.25) is 0 Å². The highest BCUT2D eigenvalue weighted by Gasteiger charge is 2.14. The number of hydrogen-bond acceptors (Lipinski definition) is 4. The van der Waals surface area contributed by atoms with E-state index in [9.17, 15) is 4.39 Å². The average molecular weight is 317 g/mol. The molecule has 0 bridgehead atoms. The Morgan fingerprint density at radius 1 is 1.26 bits per heavy atom. The Morgan fingerprint density at radius 2 is 2.09 bits per heavy atom. The summed E-state index contributed by atoms with van der Waals surface area (Å²) in [5.41, 5.74) is 1.41. The molecule has 3 rings (SSSR count). The van der Waals surface area contributed by atoms with E-state index in [-0.39, 0.29) is 5.82 Å². The molecule has 1 N–H and O–H groups in total. The van der Waals surface area contributed by atoms with Crippen LogP contribution < -0.4 is 5.32 Å². The van der Waals surface area contributed by atoms with Crippen molar-refractivity contribution in [1.29, 1.82) is 0 Å². The molecule has 23 heavy (non-hydrogen) atoms. The molecule has 0 aliphatic carbocycles. The summed E-state index contributed by atoms with van der Waals surface area (Å²) >= 11 is 0. The Kier molecular flexibility index (Phi) is 5.41. The maximum atomic E-state index is 13.3. The molecule has 1 aromatic heterocycles. The molecule has 1 fully saturated rings. The number of piperidine rings is 1. The van der Waals surface area contributed by atoms with Gasteiger partial charge in [-0.2, -0.15) is 0 Å². The minimum Gasteiger partial charge on any atom is -0.359 e. The van der Waals surface area contributed by atoms with E-state index in [4.69, 9.17) is 4.52 Å².